The van der Waals surface area contributed by atoms with Gasteiger partial charge in [0.2, 0.25) is 0 Å². The first-order chi connectivity index (χ1) is 5.59. The van der Waals surface area contributed by atoms with E-state index in [2.05, 4.69) is 25.7 Å². The molecule has 0 spiro atoms. The molecule has 0 amide bonds. The number of nitrogens with zero attached hydrogens (tertiary/aromatic N) is 1. The summed E-state index contributed by atoms with van der Waals surface area (Å²) in [7, 11) is 0. The topological polar surface area (TPSA) is 29.3 Å². The van der Waals surface area contributed by atoms with Gasteiger partial charge in [0.1, 0.15) is 0 Å². The lowest BCUT2D eigenvalue weighted by molar-refractivity contribution is 0.124. The molecule has 1 fully saturated rings. The zero-order valence-corrected chi connectivity index (χ0v) is 8.59. The van der Waals surface area contributed by atoms with Gasteiger partial charge >= 0.3 is 0 Å². The Hall–Kier alpha value is -0.0800. The summed E-state index contributed by atoms with van der Waals surface area (Å²) in [6.07, 6.45) is 2.68. The Morgan fingerprint density at radius 3 is 2.67 bits per heavy atom. The Labute approximate surface area is 76.1 Å². The van der Waals surface area contributed by atoms with E-state index in [-0.39, 0.29) is 0 Å². The van der Waals surface area contributed by atoms with Crippen LogP contribution in [-0.2, 0) is 0 Å². The summed E-state index contributed by atoms with van der Waals surface area (Å²) in [5, 5.41) is 0. The summed E-state index contributed by atoms with van der Waals surface area (Å²) in [6, 6.07) is 1.06. The van der Waals surface area contributed by atoms with Crippen molar-refractivity contribution >= 4 is 0 Å². The van der Waals surface area contributed by atoms with Crippen LogP contribution in [0.2, 0.25) is 0 Å². The van der Waals surface area contributed by atoms with Gasteiger partial charge in [0.15, 0.2) is 0 Å². The SMILES string of the molecule is CC1CCN(C[C@H](C)N)C(C)C1. The number of hydrogen-bond donors (Lipinski definition) is 1. The van der Waals surface area contributed by atoms with Crippen LogP contribution in [0.5, 0.6) is 0 Å². The number of piperidine rings is 1. The van der Waals surface area contributed by atoms with E-state index < -0.39 is 0 Å². The van der Waals surface area contributed by atoms with Gasteiger partial charge < -0.3 is 5.73 Å². The van der Waals surface area contributed by atoms with Crippen molar-refractivity contribution < 1.29 is 0 Å². The molecule has 1 aliphatic heterocycles. The van der Waals surface area contributed by atoms with Crippen LogP contribution in [0.3, 0.4) is 0 Å². The average molecular weight is 170 g/mol. The molecule has 12 heavy (non-hydrogen) atoms. The van der Waals surface area contributed by atoms with Crippen molar-refractivity contribution in [3.05, 3.63) is 0 Å². The first kappa shape index (κ1) is 10.0. The van der Waals surface area contributed by atoms with Gasteiger partial charge in [-0.15, -0.1) is 0 Å². The van der Waals surface area contributed by atoms with Crippen molar-refractivity contribution in [1.29, 1.82) is 0 Å². The molecule has 1 rings (SSSR count). The summed E-state index contributed by atoms with van der Waals surface area (Å²) in [5.74, 6) is 0.907. The minimum atomic E-state index is 0.320. The molecular formula is C10H22N2. The maximum atomic E-state index is 5.78. The standard InChI is InChI=1S/C10H22N2/c1-8-4-5-12(7-9(2)11)10(3)6-8/h8-10H,4-7,11H2,1-3H3/t8?,9-,10?/m0/s1. The second-order valence-corrected chi connectivity index (χ2v) is 4.45. The molecule has 1 saturated heterocycles. The largest absolute Gasteiger partial charge is 0.327 e. The molecule has 0 aromatic heterocycles. The molecule has 0 saturated carbocycles. The summed E-state index contributed by atoms with van der Waals surface area (Å²) >= 11 is 0. The predicted molar refractivity (Wildman–Crippen MR) is 53.1 cm³/mol. The van der Waals surface area contributed by atoms with Crippen molar-refractivity contribution in [3.8, 4) is 0 Å². The second kappa shape index (κ2) is 4.24. The molecule has 2 N–H and O–H groups in total. The van der Waals surface area contributed by atoms with E-state index in [1.807, 2.05) is 0 Å². The van der Waals surface area contributed by atoms with Crippen LogP contribution in [0.15, 0.2) is 0 Å². The third-order valence-corrected chi connectivity index (χ3v) is 2.80. The van der Waals surface area contributed by atoms with Crippen molar-refractivity contribution in [2.45, 2.75) is 45.7 Å². The molecular weight excluding hydrogens is 148 g/mol. The van der Waals surface area contributed by atoms with Crippen LogP contribution in [0.4, 0.5) is 0 Å². The van der Waals surface area contributed by atoms with Crippen molar-refractivity contribution in [2.24, 2.45) is 11.7 Å². The fourth-order valence-corrected chi connectivity index (χ4v) is 2.10. The third kappa shape index (κ3) is 2.76. The van der Waals surface area contributed by atoms with Gasteiger partial charge in [0, 0.05) is 18.6 Å². The van der Waals surface area contributed by atoms with Crippen molar-refractivity contribution in [2.75, 3.05) is 13.1 Å². The Balaban J connectivity index is 2.34. The van der Waals surface area contributed by atoms with Crippen LogP contribution < -0.4 is 5.73 Å². The van der Waals surface area contributed by atoms with E-state index in [0.29, 0.717) is 6.04 Å². The van der Waals surface area contributed by atoms with Crippen LogP contribution in [0.1, 0.15) is 33.6 Å². The predicted octanol–water partition coefficient (Wildman–Crippen LogP) is 1.45. The maximum absolute atomic E-state index is 5.78. The Bertz CT molecular complexity index is 134. The molecule has 0 aromatic carbocycles. The molecule has 0 radical (unpaired) electrons. The Morgan fingerprint density at radius 2 is 2.17 bits per heavy atom. The molecule has 1 aliphatic rings. The summed E-state index contributed by atoms with van der Waals surface area (Å²) < 4.78 is 0. The molecule has 2 heteroatoms. The van der Waals surface area contributed by atoms with Gasteiger partial charge in [0.25, 0.3) is 0 Å². The molecule has 2 nitrogen and oxygen atoms in total. The fraction of sp³-hybridized carbons (Fsp3) is 1.00. The zero-order chi connectivity index (χ0) is 9.14. The van der Waals surface area contributed by atoms with Gasteiger partial charge in [-0.25, -0.2) is 0 Å². The van der Waals surface area contributed by atoms with Crippen molar-refractivity contribution in [1.82, 2.24) is 4.90 Å². The summed E-state index contributed by atoms with van der Waals surface area (Å²) in [5.41, 5.74) is 5.78. The zero-order valence-electron chi connectivity index (χ0n) is 8.59. The van der Waals surface area contributed by atoms with E-state index in [9.17, 15) is 0 Å². The molecule has 72 valence electrons. The fourth-order valence-electron chi connectivity index (χ4n) is 2.10. The highest BCUT2D eigenvalue weighted by Gasteiger charge is 2.22. The average Bonchev–Trinajstić information content (AvgIpc) is 1.94. The number of nitrogens with two attached hydrogens (primary N) is 1. The van der Waals surface area contributed by atoms with Crippen LogP contribution in [0.25, 0.3) is 0 Å². The summed E-state index contributed by atoms with van der Waals surface area (Å²) in [6.45, 7) is 9.06. The Kier molecular flexibility index (Phi) is 3.53. The highest BCUT2D eigenvalue weighted by molar-refractivity contribution is 4.78. The van der Waals surface area contributed by atoms with Gasteiger partial charge in [-0.3, -0.25) is 4.90 Å². The van der Waals surface area contributed by atoms with E-state index in [1.54, 1.807) is 0 Å². The second-order valence-electron chi connectivity index (χ2n) is 4.45. The molecule has 0 aromatic rings. The van der Waals surface area contributed by atoms with Gasteiger partial charge in [-0.2, -0.15) is 0 Å². The van der Waals surface area contributed by atoms with Gasteiger partial charge in [-0.05, 0) is 39.2 Å². The lowest BCUT2D eigenvalue weighted by Crippen LogP contribution is -2.45. The summed E-state index contributed by atoms with van der Waals surface area (Å²) in [4.78, 5) is 2.52. The van der Waals surface area contributed by atoms with Gasteiger partial charge in [0.05, 0.1) is 0 Å². The number of rotatable bonds is 2. The molecule has 0 bridgehead atoms. The first-order valence-corrected chi connectivity index (χ1v) is 5.09. The molecule has 2 unspecified atom stereocenters. The van der Waals surface area contributed by atoms with E-state index >= 15 is 0 Å². The highest BCUT2D eigenvalue weighted by atomic mass is 15.2. The van der Waals surface area contributed by atoms with E-state index in [4.69, 9.17) is 5.73 Å². The smallest absolute Gasteiger partial charge is 0.0139 e. The minimum absolute atomic E-state index is 0.320. The normalized spacial score (nSPS) is 35.0. The highest BCUT2D eigenvalue weighted by Crippen LogP contribution is 2.21. The Morgan fingerprint density at radius 1 is 1.50 bits per heavy atom. The van der Waals surface area contributed by atoms with Crippen molar-refractivity contribution in [3.63, 3.8) is 0 Å². The van der Waals surface area contributed by atoms with Gasteiger partial charge in [-0.1, -0.05) is 6.92 Å². The molecule has 1 heterocycles. The quantitative estimate of drug-likeness (QED) is 0.679. The first-order valence-electron chi connectivity index (χ1n) is 5.09. The number of likely N-dealkylation sites (tertiary alicyclic amines) is 1. The van der Waals surface area contributed by atoms with E-state index in [0.717, 1.165) is 18.5 Å². The lowest BCUT2D eigenvalue weighted by atomic mass is 9.93. The monoisotopic (exact) mass is 170 g/mol. The van der Waals surface area contributed by atoms with Crippen LogP contribution in [0, 0.1) is 5.92 Å². The molecule has 0 aliphatic carbocycles. The maximum Gasteiger partial charge on any atom is 0.0139 e. The van der Waals surface area contributed by atoms with Crippen LogP contribution in [-0.4, -0.2) is 30.1 Å². The molecule has 3 atom stereocenters. The third-order valence-electron chi connectivity index (χ3n) is 2.80. The minimum Gasteiger partial charge on any atom is -0.327 e. The van der Waals surface area contributed by atoms with Crippen LogP contribution >= 0.6 is 0 Å². The number of hydrogen-bond acceptors (Lipinski definition) is 2. The lowest BCUT2D eigenvalue weighted by Gasteiger charge is -2.37. The van der Waals surface area contributed by atoms with E-state index in [1.165, 1.54) is 19.4 Å².